The van der Waals surface area contributed by atoms with Crippen molar-refractivity contribution in [2.45, 2.75) is 124 Å². The Morgan fingerprint density at radius 2 is 0.923 bits per heavy atom. The van der Waals surface area contributed by atoms with E-state index < -0.39 is 87.5 Å². The van der Waals surface area contributed by atoms with Crippen LogP contribution in [0.3, 0.4) is 0 Å². The second kappa shape index (κ2) is 21.6. The van der Waals surface area contributed by atoms with Crippen LogP contribution in [-0.2, 0) is 49.5 Å². The summed E-state index contributed by atoms with van der Waals surface area (Å²) in [5.74, 6) is -4.12. The Balaban J connectivity index is 1.47. The molecule has 0 amide bonds. The molecule has 2 unspecified atom stereocenters. The van der Waals surface area contributed by atoms with Gasteiger partial charge in [-0.1, -0.05) is 26.7 Å². The van der Waals surface area contributed by atoms with Gasteiger partial charge in [0.05, 0.1) is 0 Å². The van der Waals surface area contributed by atoms with Crippen LogP contribution in [0.15, 0.2) is 119 Å². The first-order valence-corrected chi connectivity index (χ1v) is 29.3. The average Bonchev–Trinajstić information content (AvgIpc) is 4.03. The summed E-state index contributed by atoms with van der Waals surface area (Å²) >= 11 is -5.47. The van der Waals surface area contributed by atoms with Crippen molar-refractivity contribution in [3.8, 4) is 0 Å². The molecule has 13 heteroatoms. The first-order valence-electron chi connectivity index (χ1n) is 22.9. The van der Waals surface area contributed by atoms with Gasteiger partial charge in [-0.05, 0) is 0 Å². The zero-order chi connectivity index (χ0) is 47.1. The fraction of sp³-hybridized carbons (Fsp3) is 0.385. The summed E-state index contributed by atoms with van der Waals surface area (Å²) in [6.45, 7) is 12.3. The third-order valence-corrected chi connectivity index (χ3v) is 24.6. The molecular weight excluding hydrogens is 905 g/mol. The van der Waals surface area contributed by atoms with Gasteiger partial charge < -0.3 is 0 Å². The van der Waals surface area contributed by atoms with Crippen molar-refractivity contribution < 1.29 is 51.0 Å². The van der Waals surface area contributed by atoms with Crippen molar-refractivity contribution in [2.75, 3.05) is 9.44 Å². The summed E-state index contributed by atoms with van der Waals surface area (Å²) < 4.78 is 127. The standard InChI is InChI=1S/2C21H26F2NO2S.2C5H5.Ti/c2*1-4-6-7-16(5-2)12-17-13-19(10-8-15(17)3)27(25,26)24-21-11-9-18(22)14-20(21)23;2*1-2-4-5-3-1;/h2*8-11,13,16,24H,4-7,12H2,1-3H3;2*1-5H;. The molecule has 2 atom stereocenters. The number of rotatable bonds is 22. The van der Waals surface area contributed by atoms with Crippen LogP contribution in [0.2, 0.25) is 8.45 Å². The minimum atomic E-state index is -5.47. The van der Waals surface area contributed by atoms with E-state index in [-0.39, 0.29) is 9.79 Å². The van der Waals surface area contributed by atoms with Crippen LogP contribution < -0.4 is 17.2 Å². The molecular formula is C52H62F4N2O4S2Ti. The van der Waals surface area contributed by atoms with E-state index >= 15 is 17.6 Å². The molecule has 6 nitrogen and oxygen atoms in total. The molecule has 0 saturated carbocycles. The van der Waals surface area contributed by atoms with Crippen molar-refractivity contribution in [1.29, 1.82) is 0 Å². The number of anilines is 2. The van der Waals surface area contributed by atoms with Crippen molar-refractivity contribution >= 4 is 39.2 Å². The monoisotopic (exact) mass is 966 g/mol. The summed E-state index contributed by atoms with van der Waals surface area (Å²) in [4.78, 5) is -0.214. The minimum absolute atomic E-state index is 0.107. The molecule has 2 aliphatic carbocycles. The van der Waals surface area contributed by atoms with Gasteiger partial charge in [0.25, 0.3) is 0 Å². The Kier molecular flexibility index (Phi) is 16.7. The quantitative estimate of drug-likeness (QED) is 0.0606. The van der Waals surface area contributed by atoms with Crippen LogP contribution in [-0.4, -0.2) is 16.8 Å². The summed E-state index contributed by atoms with van der Waals surface area (Å²) in [7, 11) is -8.95. The normalized spacial score (nSPS) is 15.3. The fourth-order valence-corrected chi connectivity index (χ4v) is 20.5. The van der Waals surface area contributed by atoms with Crippen LogP contribution in [0, 0.1) is 49.0 Å². The molecule has 2 N–H and O–H groups in total. The molecule has 0 aromatic heterocycles. The van der Waals surface area contributed by atoms with Gasteiger partial charge in [-0.15, -0.1) is 0 Å². The number of nitrogens with one attached hydrogen (secondary N) is 2. The van der Waals surface area contributed by atoms with Gasteiger partial charge >= 0.3 is 364 Å². The molecule has 0 bridgehead atoms. The topological polar surface area (TPSA) is 92.3 Å². The molecule has 0 spiro atoms. The van der Waals surface area contributed by atoms with E-state index in [9.17, 15) is 16.8 Å². The van der Waals surface area contributed by atoms with E-state index in [4.69, 9.17) is 0 Å². The molecule has 0 saturated heterocycles. The van der Waals surface area contributed by atoms with E-state index in [1.807, 2.05) is 13.8 Å². The predicted molar refractivity (Wildman–Crippen MR) is 254 cm³/mol. The van der Waals surface area contributed by atoms with Gasteiger partial charge in [-0.3, -0.25) is 0 Å². The van der Waals surface area contributed by atoms with Gasteiger partial charge in [0.1, 0.15) is 0 Å². The number of unbranched alkanes of at least 4 members (excludes halogenated alkanes) is 2. The van der Waals surface area contributed by atoms with E-state index in [1.165, 1.54) is 12.1 Å². The first kappa shape index (κ1) is 50.2. The van der Waals surface area contributed by atoms with Gasteiger partial charge in [0.2, 0.25) is 0 Å². The number of halogens is 4. The number of benzene rings is 4. The summed E-state index contributed by atoms with van der Waals surface area (Å²) in [6, 6.07) is 13.3. The zero-order valence-corrected chi connectivity index (χ0v) is 41.4. The number of aryl methyl sites for hydroxylation is 2. The third-order valence-electron chi connectivity index (χ3n) is 13.4. The molecule has 0 radical (unpaired) electrons. The maximum absolute atomic E-state index is 17.7. The van der Waals surface area contributed by atoms with Crippen molar-refractivity contribution in [3.05, 3.63) is 155 Å². The Labute approximate surface area is 387 Å². The summed E-state index contributed by atoms with van der Waals surface area (Å²) in [6.07, 6.45) is 22.5. The summed E-state index contributed by atoms with van der Waals surface area (Å²) in [5.41, 5.74) is 2.36. The molecule has 0 heterocycles. The van der Waals surface area contributed by atoms with Crippen molar-refractivity contribution in [2.24, 2.45) is 11.8 Å². The van der Waals surface area contributed by atoms with Gasteiger partial charge in [0, 0.05) is 0 Å². The zero-order valence-electron chi connectivity index (χ0n) is 38.2. The van der Waals surface area contributed by atoms with Crippen LogP contribution in [0.4, 0.5) is 28.9 Å². The third kappa shape index (κ3) is 10.8. The number of hydrogen-bond donors (Lipinski definition) is 2. The maximum atomic E-state index is 17.7. The molecule has 0 fully saturated rings. The van der Waals surface area contributed by atoms with Gasteiger partial charge in [0.15, 0.2) is 0 Å². The SMILES string of the molecule is CCCCC(CC)Cc1cc(S(=O)(=O)Nc2ccc(F)[c]([Ti]([c]3c(F)ccc(NS(=O)(=O)c4ccc(C)c(CC(CC)CCCC)c4)c3F)([CH]3C=CC=C3)[CH]3C=CC=C3)c2F)ccc1C. The second-order valence-electron chi connectivity index (χ2n) is 17.7. The fourth-order valence-electron chi connectivity index (χ4n) is 9.49. The number of allylic oxidation sites excluding steroid dienone is 8. The van der Waals surface area contributed by atoms with Gasteiger partial charge in [-0.2, -0.15) is 0 Å². The van der Waals surface area contributed by atoms with Crippen molar-refractivity contribution in [1.82, 2.24) is 0 Å². The van der Waals surface area contributed by atoms with E-state index in [0.717, 1.165) is 97.9 Å². The van der Waals surface area contributed by atoms with E-state index in [0.29, 0.717) is 24.7 Å². The Morgan fingerprint density at radius 3 is 1.26 bits per heavy atom. The van der Waals surface area contributed by atoms with Gasteiger partial charge in [-0.25, -0.2) is 0 Å². The molecule has 348 valence electrons. The van der Waals surface area contributed by atoms with E-state index in [2.05, 4.69) is 37.1 Å². The molecule has 4 aromatic rings. The van der Waals surface area contributed by atoms with E-state index in [1.54, 1.807) is 72.9 Å². The number of sulfonamides is 2. The van der Waals surface area contributed by atoms with Crippen LogP contribution >= 0.6 is 0 Å². The molecule has 6 rings (SSSR count). The molecule has 65 heavy (non-hydrogen) atoms. The van der Waals surface area contributed by atoms with Crippen LogP contribution in [0.25, 0.3) is 0 Å². The summed E-state index contributed by atoms with van der Waals surface area (Å²) in [5, 5.41) is 0. The van der Waals surface area contributed by atoms with Crippen LogP contribution in [0.1, 0.15) is 101 Å². The first-order chi connectivity index (χ1) is 31.0. The molecule has 2 aliphatic rings. The molecule has 4 aromatic carbocycles. The number of hydrogen-bond acceptors (Lipinski definition) is 4. The average molecular weight is 967 g/mol. The van der Waals surface area contributed by atoms with Crippen LogP contribution in [0.5, 0.6) is 0 Å². The Hall–Kier alpha value is -4.23. The predicted octanol–water partition coefficient (Wildman–Crippen LogP) is 12.9. The van der Waals surface area contributed by atoms with Crippen molar-refractivity contribution in [3.63, 3.8) is 0 Å². The second-order valence-corrected chi connectivity index (χ2v) is 27.4. The molecule has 0 aliphatic heterocycles. The Morgan fingerprint density at radius 1 is 0.554 bits per heavy atom. The Bertz CT molecular complexity index is 2510.